The summed E-state index contributed by atoms with van der Waals surface area (Å²) in [5.41, 5.74) is 1.09. The lowest BCUT2D eigenvalue weighted by atomic mass is 10.0. The second kappa shape index (κ2) is 19.2. The molecule has 0 aliphatic rings. The molecule has 3 aromatic rings. The maximum absolute atomic E-state index is 13.3. The van der Waals surface area contributed by atoms with Crippen molar-refractivity contribution in [3.8, 4) is 0 Å². The zero-order valence-electron chi connectivity index (χ0n) is 30.4. The summed E-state index contributed by atoms with van der Waals surface area (Å²) in [5, 5.41) is 14.4. The first-order valence-electron chi connectivity index (χ1n) is 17.1. The fraction of sp³-hybridized carbons (Fsp3) is 0.486. The van der Waals surface area contributed by atoms with Gasteiger partial charge in [-0.05, 0) is 78.0 Å². The van der Waals surface area contributed by atoms with Gasteiger partial charge in [0.15, 0.2) is 0 Å². The summed E-state index contributed by atoms with van der Waals surface area (Å²) in [7, 11) is 0. The molecule has 3 rings (SSSR count). The molecule has 0 saturated carbocycles. The van der Waals surface area contributed by atoms with E-state index in [-0.39, 0.29) is 32.5 Å². The molecular weight excluding hydrogens is 656 g/mol. The van der Waals surface area contributed by atoms with E-state index in [0.29, 0.717) is 19.4 Å². The highest BCUT2D eigenvalue weighted by Gasteiger charge is 2.27. The predicted molar refractivity (Wildman–Crippen MR) is 193 cm³/mol. The van der Waals surface area contributed by atoms with E-state index >= 15 is 0 Å². The van der Waals surface area contributed by atoms with Crippen molar-refractivity contribution in [3.63, 3.8) is 0 Å². The van der Waals surface area contributed by atoms with Gasteiger partial charge in [-0.3, -0.25) is 9.59 Å². The smallest absolute Gasteiger partial charge is 0.408 e. The van der Waals surface area contributed by atoms with Gasteiger partial charge >= 0.3 is 18.3 Å². The molecule has 0 bridgehead atoms. The van der Waals surface area contributed by atoms with Crippen LogP contribution in [0.25, 0.3) is 10.9 Å². The third kappa shape index (κ3) is 15.4. The molecule has 278 valence electrons. The molecule has 1 aromatic heterocycles. The van der Waals surface area contributed by atoms with Crippen LogP contribution in [-0.2, 0) is 36.8 Å². The van der Waals surface area contributed by atoms with Crippen molar-refractivity contribution in [2.24, 2.45) is 0 Å². The van der Waals surface area contributed by atoms with Gasteiger partial charge in [0.05, 0.1) is 0 Å². The number of hydrogen-bond acceptors (Lipinski definition) is 8. The van der Waals surface area contributed by atoms with Crippen molar-refractivity contribution in [1.82, 2.24) is 31.6 Å². The van der Waals surface area contributed by atoms with Gasteiger partial charge in [0.1, 0.15) is 29.9 Å². The number of nitrogens with one attached hydrogen (secondary N) is 6. The minimum absolute atomic E-state index is 0.0537. The number of alkyl carbamates (subject to hydrolysis) is 3. The number of carbonyl (C=O) groups is 5. The Labute approximate surface area is 299 Å². The number of fused-ring (bicyclic) bond motifs is 1. The van der Waals surface area contributed by atoms with Crippen molar-refractivity contribution >= 4 is 41.0 Å². The summed E-state index contributed by atoms with van der Waals surface area (Å²) in [6.07, 6.45) is 1.26. The van der Waals surface area contributed by atoms with Crippen molar-refractivity contribution in [2.75, 3.05) is 19.6 Å². The lowest BCUT2D eigenvalue weighted by molar-refractivity contribution is -0.125. The first-order valence-corrected chi connectivity index (χ1v) is 17.1. The molecule has 14 heteroatoms. The van der Waals surface area contributed by atoms with Gasteiger partial charge in [-0.15, -0.1) is 0 Å². The number of H-pyrrole nitrogens is 1. The number of rotatable bonds is 16. The quantitative estimate of drug-likeness (QED) is 0.0902. The number of hydrogen-bond donors (Lipinski definition) is 6. The van der Waals surface area contributed by atoms with Gasteiger partial charge in [-0.1, -0.05) is 48.5 Å². The largest absolute Gasteiger partial charge is 0.445 e. The minimum atomic E-state index is -0.958. The van der Waals surface area contributed by atoms with Gasteiger partial charge in [-0.2, -0.15) is 0 Å². The van der Waals surface area contributed by atoms with Gasteiger partial charge in [0.25, 0.3) is 0 Å². The van der Waals surface area contributed by atoms with E-state index in [1.807, 2.05) is 54.6 Å². The molecule has 0 fully saturated rings. The monoisotopic (exact) mass is 708 g/mol. The molecule has 0 saturated heterocycles. The molecule has 14 nitrogen and oxygen atoms in total. The van der Waals surface area contributed by atoms with E-state index in [4.69, 9.17) is 14.2 Å². The average Bonchev–Trinajstić information content (AvgIpc) is 3.46. The molecule has 0 aliphatic heterocycles. The number of unbranched alkanes of at least 4 members (excludes halogenated alkanes) is 1. The number of carbonyl (C=O) groups excluding carboxylic acids is 5. The Balaban J connectivity index is 1.51. The number of amides is 5. The number of para-hydroxylation sites is 1. The maximum atomic E-state index is 13.3. The zero-order chi connectivity index (χ0) is 37.4. The zero-order valence-corrected chi connectivity index (χ0v) is 30.4. The molecule has 1 heterocycles. The van der Waals surface area contributed by atoms with E-state index in [1.54, 1.807) is 47.7 Å². The van der Waals surface area contributed by atoms with Crippen LogP contribution >= 0.6 is 0 Å². The Morgan fingerprint density at radius 3 is 1.86 bits per heavy atom. The summed E-state index contributed by atoms with van der Waals surface area (Å²) in [6, 6.07) is 15.1. The molecule has 0 unspecified atom stereocenters. The van der Waals surface area contributed by atoms with Crippen molar-refractivity contribution in [2.45, 2.75) is 97.1 Å². The predicted octanol–water partition coefficient (Wildman–Crippen LogP) is 4.83. The van der Waals surface area contributed by atoms with E-state index in [0.717, 1.165) is 22.0 Å². The Morgan fingerprint density at radius 1 is 0.667 bits per heavy atom. The van der Waals surface area contributed by atoms with E-state index < -0.39 is 53.4 Å². The van der Waals surface area contributed by atoms with Crippen LogP contribution in [0.1, 0.15) is 71.9 Å². The summed E-state index contributed by atoms with van der Waals surface area (Å²) in [4.78, 5) is 66.9. The molecule has 2 atom stereocenters. The average molecular weight is 709 g/mol. The normalized spacial score (nSPS) is 12.6. The summed E-state index contributed by atoms with van der Waals surface area (Å²) >= 11 is 0. The minimum Gasteiger partial charge on any atom is -0.445 e. The van der Waals surface area contributed by atoms with Gasteiger partial charge in [0, 0.05) is 43.2 Å². The van der Waals surface area contributed by atoms with Crippen LogP contribution in [-0.4, -0.2) is 78.0 Å². The first-order chi connectivity index (χ1) is 24.1. The lowest BCUT2D eigenvalue weighted by Crippen LogP contribution is -2.52. The van der Waals surface area contributed by atoms with Crippen LogP contribution in [0, 0.1) is 0 Å². The fourth-order valence-corrected chi connectivity index (χ4v) is 4.95. The Kier molecular flexibility index (Phi) is 15.1. The number of aromatic nitrogens is 1. The molecule has 51 heavy (non-hydrogen) atoms. The first kappa shape index (κ1) is 40.2. The van der Waals surface area contributed by atoms with Crippen LogP contribution < -0.4 is 26.6 Å². The highest BCUT2D eigenvalue weighted by atomic mass is 16.6. The van der Waals surface area contributed by atoms with Crippen LogP contribution in [0.5, 0.6) is 0 Å². The SMILES string of the molecule is CC(C)(C)OC(=O)N[C@@H](CCCCNC(=O)OCc1ccccc1)C(=O)NCCNC(=O)[C@H](Cc1c[nH]c2ccccc12)NC(=O)OC(C)(C)C. The molecule has 0 spiro atoms. The topological polar surface area (TPSA) is 189 Å². The van der Waals surface area contributed by atoms with E-state index in [1.165, 1.54) is 0 Å². The van der Waals surface area contributed by atoms with Gasteiger partial charge in [-0.25, -0.2) is 14.4 Å². The Morgan fingerprint density at radius 2 is 1.24 bits per heavy atom. The second-order valence-electron chi connectivity index (χ2n) is 14.0. The highest BCUT2D eigenvalue weighted by molar-refractivity contribution is 5.89. The maximum Gasteiger partial charge on any atom is 0.408 e. The van der Waals surface area contributed by atoms with Crippen LogP contribution in [0.2, 0.25) is 0 Å². The molecule has 6 N–H and O–H groups in total. The molecule has 0 aliphatic carbocycles. The number of aromatic amines is 1. The molecular formula is C37H52N6O8. The van der Waals surface area contributed by atoms with E-state index in [9.17, 15) is 24.0 Å². The van der Waals surface area contributed by atoms with E-state index in [2.05, 4.69) is 31.6 Å². The summed E-state index contributed by atoms with van der Waals surface area (Å²) in [6.45, 7) is 10.9. The lowest BCUT2D eigenvalue weighted by Gasteiger charge is -2.24. The third-order valence-corrected chi connectivity index (χ3v) is 7.24. The highest BCUT2D eigenvalue weighted by Crippen LogP contribution is 2.19. The van der Waals surface area contributed by atoms with Gasteiger partial charge < -0.3 is 45.8 Å². The standard InChI is InChI=1S/C37H52N6O8/c1-36(2,3)50-34(47)42-29(18-12-13-19-40-33(46)49-24-25-14-8-7-9-15-25)31(44)38-20-21-39-32(45)30(43-35(48)51-37(4,5)6)22-26-23-41-28-17-11-10-16-27(26)28/h7-11,14-17,23,29-30,41H,12-13,18-22,24H2,1-6H3,(H,38,44)(H,39,45)(H,40,46)(H,42,47)(H,43,48)/t29-,30-/m0/s1. The second-order valence-corrected chi connectivity index (χ2v) is 14.0. The summed E-state index contributed by atoms with van der Waals surface area (Å²) < 4.78 is 16.0. The Bertz CT molecular complexity index is 1600. The van der Waals surface area contributed by atoms with Crippen LogP contribution in [0.3, 0.4) is 0 Å². The molecule has 5 amide bonds. The number of benzene rings is 2. The molecule has 2 aromatic carbocycles. The Hall–Kier alpha value is -5.27. The van der Waals surface area contributed by atoms with Crippen LogP contribution in [0.15, 0.2) is 60.8 Å². The fourth-order valence-electron chi connectivity index (χ4n) is 4.95. The van der Waals surface area contributed by atoms with Crippen LogP contribution in [0.4, 0.5) is 14.4 Å². The van der Waals surface area contributed by atoms with Gasteiger partial charge in [0.2, 0.25) is 11.8 Å². The van der Waals surface area contributed by atoms with Crippen molar-refractivity contribution in [3.05, 3.63) is 71.9 Å². The summed E-state index contributed by atoms with van der Waals surface area (Å²) in [5.74, 6) is -0.925. The molecule has 0 radical (unpaired) electrons. The van der Waals surface area contributed by atoms with Crippen molar-refractivity contribution < 1.29 is 38.2 Å². The third-order valence-electron chi connectivity index (χ3n) is 7.24. The number of ether oxygens (including phenoxy) is 3. The van der Waals surface area contributed by atoms with Crippen molar-refractivity contribution in [1.29, 1.82) is 0 Å².